The number of aromatic nitrogens is 2. The third-order valence-corrected chi connectivity index (χ3v) is 7.07. The zero-order valence-electron chi connectivity index (χ0n) is 16.3. The van der Waals surface area contributed by atoms with Crippen molar-refractivity contribution in [3.8, 4) is 0 Å². The largest absolute Gasteiger partial charge is 0.305 e. The van der Waals surface area contributed by atoms with E-state index in [1.165, 1.54) is 4.31 Å². The Hall–Kier alpha value is -1.93. The number of imidazole rings is 1. The van der Waals surface area contributed by atoms with Gasteiger partial charge < -0.3 is 9.72 Å². The van der Waals surface area contributed by atoms with Crippen LogP contribution in [0.1, 0.15) is 38.1 Å². The Kier molecular flexibility index (Phi) is 6.40. The van der Waals surface area contributed by atoms with E-state index < -0.39 is 10.0 Å². The Morgan fingerprint density at radius 3 is 2.43 bits per heavy atom. The molecule has 0 spiro atoms. The van der Waals surface area contributed by atoms with Crippen LogP contribution >= 0.6 is 11.6 Å². The average molecular weight is 421 g/mol. The molecule has 0 saturated carbocycles. The maximum Gasteiger partial charge on any atom is 0.243 e. The monoisotopic (exact) mass is 420 g/mol. The second-order valence-electron chi connectivity index (χ2n) is 6.61. The molecule has 2 aromatic heterocycles. The van der Waals surface area contributed by atoms with Gasteiger partial charge in [0.05, 0.1) is 15.6 Å². The van der Waals surface area contributed by atoms with Gasteiger partial charge >= 0.3 is 0 Å². The van der Waals surface area contributed by atoms with Gasteiger partial charge in [0, 0.05) is 38.1 Å². The molecule has 3 aromatic rings. The minimum atomic E-state index is -3.43. The van der Waals surface area contributed by atoms with Crippen LogP contribution in [-0.4, -0.2) is 35.2 Å². The highest BCUT2D eigenvalue weighted by Gasteiger charge is 2.21. The van der Waals surface area contributed by atoms with Gasteiger partial charge in [-0.25, -0.2) is 13.4 Å². The van der Waals surface area contributed by atoms with Crippen molar-refractivity contribution in [1.29, 1.82) is 0 Å². The second kappa shape index (κ2) is 8.61. The summed E-state index contributed by atoms with van der Waals surface area (Å²) >= 11 is 6.01. The number of sulfonamides is 1. The summed E-state index contributed by atoms with van der Waals surface area (Å²) in [6.45, 7) is 7.25. The van der Waals surface area contributed by atoms with Crippen LogP contribution in [0.2, 0.25) is 5.02 Å². The topological polar surface area (TPSA) is 66.7 Å². The molecule has 0 fully saturated rings. The standard InChI is InChI=1S/C20H25ClN4O2S/c1-4-25(5-2)28(26,27)19-9-6-16(7-10-19)15(3)22-12-18-14-24-13-17(21)8-11-20(24)23-18/h6-11,13-15,22H,4-5,12H2,1-3H3. The molecule has 0 aliphatic carbocycles. The Morgan fingerprint density at radius 1 is 1.11 bits per heavy atom. The molecule has 0 radical (unpaired) electrons. The van der Waals surface area contributed by atoms with Crippen molar-refractivity contribution >= 4 is 27.3 Å². The fourth-order valence-electron chi connectivity index (χ4n) is 3.12. The summed E-state index contributed by atoms with van der Waals surface area (Å²) in [5.74, 6) is 0. The Bertz CT molecular complexity index is 1040. The molecular weight excluding hydrogens is 396 g/mol. The van der Waals surface area contributed by atoms with Crippen molar-refractivity contribution in [1.82, 2.24) is 19.0 Å². The number of hydrogen-bond acceptors (Lipinski definition) is 4. The van der Waals surface area contributed by atoms with Gasteiger partial charge in [0.25, 0.3) is 0 Å². The number of fused-ring (bicyclic) bond motifs is 1. The van der Waals surface area contributed by atoms with Crippen LogP contribution in [0.5, 0.6) is 0 Å². The van der Waals surface area contributed by atoms with E-state index >= 15 is 0 Å². The molecule has 1 atom stereocenters. The van der Waals surface area contributed by atoms with E-state index in [1.807, 2.05) is 61.8 Å². The highest BCUT2D eigenvalue weighted by molar-refractivity contribution is 7.89. The number of benzene rings is 1. The van der Waals surface area contributed by atoms with Crippen molar-refractivity contribution in [3.05, 3.63) is 65.1 Å². The number of rotatable bonds is 8. The van der Waals surface area contributed by atoms with Gasteiger partial charge in [0.1, 0.15) is 5.65 Å². The molecule has 1 unspecified atom stereocenters. The first kappa shape index (κ1) is 20.8. The summed E-state index contributed by atoms with van der Waals surface area (Å²) in [5.41, 5.74) is 2.78. The minimum absolute atomic E-state index is 0.0543. The molecule has 6 nitrogen and oxygen atoms in total. The molecule has 1 aromatic carbocycles. The number of nitrogens with zero attached hydrogens (tertiary/aromatic N) is 3. The normalized spacial score (nSPS) is 13.3. The Balaban J connectivity index is 1.68. The molecule has 8 heteroatoms. The highest BCUT2D eigenvalue weighted by Crippen LogP contribution is 2.20. The summed E-state index contributed by atoms with van der Waals surface area (Å²) < 4.78 is 28.5. The molecule has 0 saturated heterocycles. The average Bonchev–Trinajstić information content (AvgIpc) is 3.09. The maximum atomic E-state index is 12.6. The van der Waals surface area contributed by atoms with Gasteiger partial charge in [0.15, 0.2) is 0 Å². The van der Waals surface area contributed by atoms with E-state index in [-0.39, 0.29) is 6.04 Å². The maximum absolute atomic E-state index is 12.6. The van der Waals surface area contributed by atoms with Crippen LogP contribution in [-0.2, 0) is 16.6 Å². The summed E-state index contributed by atoms with van der Waals surface area (Å²) in [6.07, 6.45) is 3.77. The van der Waals surface area contributed by atoms with Crippen molar-refractivity contribution in [2.24, 2.45) is 0 Å². The predicted octanol–water partition coefficient (Wildman–Crippen LogP) is 3.87. The van der Waals surface area contributed by atoms with Crippen molar-refractivity contribution in [2.45, 2.75) is 38.3 Å². The van der Waals surface area contributed by atoms with Gasteiger partial charge in [-0.15, -0.1) is 0 Å². The van der Waals surface area contributed by atoms with Crippen LogP contribution < -0.4 is 5.32 Å². The molecule has 0 amide bonds. The van der Waals surface area contributed by atoms with E-state index in [0.717, 1.165) is 16.9 Å². The predicted molar refractivity (Wildman–Crippen MR) is 112 cm³/mol. The molecule has 0 aliphatic heterocycles. The zero-order valence-corrected chi connectivity index (χ0v) is 17.8. The molecule has 150 valence electrons. The van der Waals surface area contributed by atoms with Gasteiger partial charge in [-0.05, 0) is 36.8 Å². The van der Waals surface area contributed by atoms with Gasteiger partial charge in [0.2, 0.25) is 10.0 Å². The van der Waals surface area contributed by atoms with Gasteiger partial charge in [-0.2, -0.15) is 4.31 Å². The third-order valence-electron chi connectivity index (χ3n) is 4.78. The first-order chi connectivity index (χ1) is 13.3. The molecule has 0 bridgehead atoms. The van der Waals surface area contributed by atoms with E-state index in [9.17, 15) is 8.42 Å². The quantitative estimate of drug-likeness (QED) is 0.600. The minimum Gasteiger partial charge on any atom is -0.305 e. The van der Waals surface area contributed by atoms with E-state index in [0.29, 0.717) is 29.6 Å². The smallest absolute Gasteiger partial charge is 0.243 e. The molecular formula is C20H25ClN4O2S. The van der Waals surface area contributed by atoms with Crippen molar-refractivity contribution in [2.75, 3.05) is 13.1 Å². The SMILES string of the molecule is CCN(CC)S(=O)(=O)c1ccc(C(C)NCc2cn3cc(Cl)ccc3n2)cc1. The fraction of sp³-hybridized carbons (Fsp3) is 0.350. The van der Waals surface area contributed by atoms with Crippen molar-refractivity contribution < 1.29 is 8.42 Å². The Morgan fingerprint density at radius 2 is 1.79 bits per heavy atom. The second-order valence-corrected chi connectivity index (χ2v) is 8.98. The lowest BCUT2D eigenvalue weighted by molar-refractivity contribution is 0.445. The zero-order chi connectivity index (χ0) is 20.3. The van der Waals surface area contributed by atoms with Crippen LogP contribution in [0, 0.1) is 0 Å². The fourth-order valence-corrected chi connectivity index (χ4v) is 4.75. The van der Waals surface area contributed by atoms with Crippen molar-refractivity contribution in [3.63, 3.8) is 0 Å². The van der Waals surface area contributed by atoms with Gasteiger partial charge in [-0.1, -0.05) is 37.6 Å². The summed E-state index contributed by atoms with van der Waals surface area (Å²) in [4.78, 5) is 4.88. The first-order valence-corrected chi connectivity index (χ1v) is 11.1. The number of halogens is 1. The number of nitrogens with one attached hydrogen (secondary N) is 1. The van der Waals surface area contributed by atoms with Crippen LogP contribution in [0.15, 0.2) is 53.7 Å². The van der Waals surface area contributed by atoms with Crippen LogP contribution in [0.4, 0.5) is 0 Å². The molecule has 28 heavy (non-hydrogen) atoms. The van der Waals surface area contributed by atoms with E-state index in [2.05, 4.69) is 10.3 Å². The lowest BCUT2D eigenvalue weighted by Gasteiger charge is -2.19. The van der Waals surface area contributed by atoms with Crippen LogP contribution in [0.3, 0.4) is 0 Å². The van der Waals surface area contributed by atoms with Crippen LogP contribution in [0.25, 0.3) is 5.65 Å². The highest BCUT2D eigenvalue weighted by atomic mass is 35.5. The molecule has 3 rings (SSSR count). The summed E-state index contributed by atoms with van der Waals surface area (Å²) in [6, 6.07) is 10.8. The first-order valence-electron chi connectivity index (χ1n) is 9.31. The lowest BCUT2D eigenvalue weighted by Crippen LogP contribution is -2.30. The molecule has 0 aliphatic rings. The number of hydrogen-bond donors (Lipinski definition) is 1. The summed E-state index contributed by atoms with van der Waals surface area (Å²) in [5, 5.41) is 4.09. The van der Waals surface area contributed by atoms with E-state index in [1.54, 1.807) is 12.1 Å². The van der Waals surface area contributed by atoms with Gasteiger partial charge in [-0.3, -0.25) is 0 Å². The summed E-state index contributed by atoms with van der Waals surface area (Å²) in [7, 11) is -3.43. The molecule has 1 N–H and O–H groups in total. The lowest BCUT2D eigenvalue weighted by atomic mass is 10.1. The Labute approximate surface area is 171 Å². The third kappa shape index (κ3) is 4.38. The number of pyridine rings is 1. The molecule has 2 heterocycles. The van der Waals surface area contributed by atoms with E-state index in [4.69, 9.17) is 11.6 Å².